The molecule has 4 rings (SSSR count). The molecule has 174 valence electrons. The molecule has 0 atom stereocenters. The minimum atomic E-state index is -0.688. The zero-order valence-corrected chi connectivity index (χ0v) is 21.2. The van der Waals surface area contributed by atoms with Crippen molar-refractivity contribution in [3.63, 3.8) is 0 Å². The monoisotopic (exact) mass is 528 g/mol. The van der Waals surface area contributed by atoms with E-state index in [1.54, 1.807) is 0 Å². The standard InChI is InChI=1S/C27H30BrClN2O2/c1-20-2-9-25(10-3-20)30-19-27(32)12-14-31(15-13-27)17-22-16-23(28)6-11-26(22)33-18-21-4-7-24(29)8-5-21/h2-11,16,30,32H,12-15,17-19H2,1H3. The number of likely N-dealkylation sites (tertiary alicyclic amines) is 1. The van der Waals surface area contributed by atoms with Crippen LogP contribution in [0.25, 0.3) is 0 Å². The van der Waals surface area contributed by atoms with Gasteiger partial charge in [-0.15, -0.1) is 0 Å². The maximum Gasteiger partial charge on any atom is 0.124 e. The Kier molecular flexibility index (Phi) is 7.97. The van der Waals surface area contributed by atoms with Crippen LogP contribution >= 0.6 is 27.5 Å². The van der Waals surface area contributed by atoms with E-state index in [1.807, 2.05) is 36.4 Å². The fourth-order valence-corrected chi connectivity index (χ4v) is 4.57. The van der Waals surface area contributed by atoms with Crippen molar-refractivity contribution in [2.45, 2.75) is 38.5 Å². The second kappa shape index (κ2) is 10.9. The summed E-state index contributed by atoms with van der Waals surface area (Å²) in [5.41, 5.74) is 3.82. The molecule has 0 spiro atoms. The van der Waals surface area contributed by atoms with Crippen LogP contribution in [0.2, 0.25) is 5.02 Å². The number of anilines is 1. The Morgan fingerprint density at radius 1 is 1.03 bits per heavy atom. The zero-order valence-electron chi connectivity index (χ0n) is 18.9. The van der Waals surface area contributed by atoms with E-state index in [0.29, 0.717) is 13.2 Å². The van der Waals surface area contributed by atoms with Gasteiger partial charge in [-0.1, -0.05) is 57.4 Å². The molecule has 0 aliphatic carbocycles. The van der Waals surface area contributed by atoms with E-state index in [4.69, 9.17) is 16.3 Å². The molecule has 1 aliphatic rings. The van der Waals surface area contributed by atoms with E-state index < -0.39 is 5.60 Å². The number of rotatable bonds is 8. The average Bonchev–Trinajstić information content (AvgIpc) is 2.81. The molecule has 0 amide bonds. The van der Waals surface area contributed by atoms with Gasteiger partial charge in [0, 0.05) is 46.9 Å². The predicted molar refractivity (Wildman–Crippen MR) is 139 cm³/mol. The molecule has 3 aromatic carbocycles. The number of benzene rings is 3. The molecule has 0 bridgehead atoms. The van der Waals surface area contributed by atoms with Crippen LogP contribution in [0, 0.1) is 6.92 Å². The molecule has 1 saturated heterocycles. The van der Waals surface area contributed by atoms with E-state index in [2.05, 4.69) is 63.4 Å². The van der Waals surface area contributed by atoms with Gasteiger partial charge < -0.3 is 15.2 Å². The van der Waals surface area contributed by atoms with Gasteiger partial charge in [0.2, 0.25) is 0 Å². The number of aliphatic hydroxyl groups is 1. The Bertz CT molecular complexity index is 1050. The summed E-state index contributed by atoms with van der Waals surface area (Å²) < 4.78 is 7.18. The Labute approximate surface area is 209 Å². The molecule has 1 aliphatic heterocycles. The predicted octanol–water partition coefficient (Wildman–Crippen LogP) is 6.43. The van der Waals surface area contributed by atoms with Gasteiger partial charge in [0.05, 0.1) is 5.60 Å². The first kappa shape index (κ1) is 24.1. The van der Waals surface area contributed by atoms with Gasteiger partial charge in [-0.2, -0.15) is 0 Å². The summed E-state index contributed by atoms with van der Waals surface area (Å²) in [5.74, 6) is 0.884. The normalized spacial score (nSPS) is 15.9. The highest BCUT2D eigenvalue weighted by atomic mass is 79.9. The van der Waals surface area contributed by atoms with Crippen molar-refractivity contribution in [2.75, 3.05) is 25.0 Å². The molecule has 6 heteroatoms. The SMILES string of the molecule is Cc1ccc(NCC2(O)CCN(Cc3cc(Br)ccc3OCc3ccc(Cl)cc3)CC2)cc1. The number of hydrogen-bond donors (Lipinski definition) is 2. The number of halogens is 2. The van der Waals surface area contributed by atoms with Gasteiger partial charge >= 0.3 is 0 Å². The van der Waals surface area contributed by atoms with Crippen LogP contribution in [0.3, 0.4) is 0 Å². The lowest BCUT2D eigenvalue weighted by atomic mass is 9.91. The van der Waals surface area contributed by atoms with Crippen molar-refractivity contribution in [1.82, 2.24) is 4.90 Å². The third-order valence-corrected chi connectivity index (χ3v) is 6.93. The third-order valence-electron chi connectivity index (χ3n) is 6.18. The minimum absolute atomic E-state index is 0.496. The lowest BCUT2D eigenvalue weighted by Crippen LogP contribution is -2.48. The molecule has 0 unspecified atom stereocenters. The Hall–Kier alpha value is -2.05. The Balaban J connectivity index is 1.32. The number of hydrogen-bond acceptors (Lipinski definition) is 4. The molecule has 0 aromatic heterocycles. The summed E-state index contributed by atoms with van der Waals surface area (Å²) >= 11 is 9.58. The highest BCUT2D eigenvalue weighted by Crippen LogP contribution is 2.29. The first-order valence-corrected chi connectivity index (χ1v) is 12.5. The molecule has 3 aromatic rings. The molecule has 0 saturated carbocycles. The van der Waals surface area contributed by atoms with Crippen LogP contribution in [0.15, 0.2) is 71.2 Å². The fraction of sp³-hybridized carbons (Fsp3) is 0.333. The largest absolute Gasteiger partial charge is 0.489 e. The molecular formula is C27H30BrClN2O2. The van der Waals surface area contributed by atoms with Crippen molar-refractivity contribution >= 4 is 33.2 Å². The van der Waals surface area contributed by atoms with Gasteiger partial charge in [-0.25, -0.2) is 0 Å². The zero-order chi connectivity index (χ0) is 23.3. The Morgan fingerprint density at radius 2 is 1.73 bits per heavy atom. The van der Waals surface area contributed by atoms with Crippen molar-refractivity contribution in [1.29, 1.82) is 0 Å². The third kappa shape index (κ3) is 6.97. The fourth-order valence-electron chi connectivity index (χ4n) is 4.04. The maximum atomic E-state index is 11.1. The molecular weight excluding hydrogens is 500 g/mol. The average molecular weight is 530 g/mol. The molecule has 33 heavy (non-hydrogen) atoms. The summed E-state index contributed by atoms with van der Waals surface area (Å²) in [5, 5.41) is 15.2. The lowest BCUT2D eigenvalue weighted by molar-refractivity contribution is -0.0122. The molecule has 4 nitrogen and oxygen atoms in total. The van der Waals surface area contributed by atoms with Gasteiger partial charge in [-0.3, -0.25) is 4.90 Å². The summed E-state index contributed by atoms with van der Waals surface area (Å²) in [6.07, 6.45) is 1.47. The lowest BCUT2D eigenvalue weighted by Gasteiger charge is -2.38. The van der Waals surface area contributed by atoms with Gasteiger partial charge in [-0.05, 0) is 67.8 Å². The number of piperidine rings is 1. The van der Waals surface area contributed by atoms with Crippen LogP contribution in [0.1, 0.15) is 29.5 Å². The van der Waals surface area contributed by atoms with E-state index in [1.165, 1.54) is 5.56 Å². The Morgan fingerprint density at radius 3 is 2.42 bits per heavy atom. The van der Waals surface area contributed by atoms with E-state index in [9.17, 15) is 5.11 Å². The van der Waals surface area contributed by atoms with Crippen molar-refractivity contribution in [2.24, 2.45) is 0 Å². The van der Waals surface area contributed by atoms with Gasteiger partial charge in [0.25, 0.3) is 0 Å². The maximum absolute atomic E-state index is 11.1. The highest BCUT2D eigenvalue weighted by Gasteiger charge is 2.32. The van der Waals surface area contributed by atoms with Gasteiger partial charge in [0.15, 0.2) is 0 Å². The summed E-state index contributed by atoms with van der Waals surface area (Å²) in [6, 6.07) is 22.2. The quantitative estimate of drug-likeness (QED) is 0.353. The first-order chi connectivity index (χ1) is 15.9. The topological polar surface area (TPSA) is 44.7 Å². The molecule has 2 N–H and O–H groups in total. The van der Waals surface area contributed by atoms with E-state index in [0.717, 1.165) is 64.5 Å². The highest BCUT2D eigenvalue weighted by molar-refractivity contribution is 9.10. The van der Waals surface area contributed by atoms with Crippen LogP contribution in [-0.2, 0) is 13.2 Å². The van der Waals surface area contributed by atoms with Crippen LogP contribution in [0.4, 0.5) is 5.69 Å². The number of ether oxygens (including phenoxy) is 1. The summed E-state index contributed by atoms with van der Waals surface area (Å²) in [6.45, 7) is 5.61. The van der Waals surface area contributed by atoms with Crippen LogP contribution < -0.4 is 10.1 Å². The number of nitrogens with zero attached hydrogens (tertiary/aromatic N) is 1. The van der Waals surface area contributed by atoms with Gasteiger partial charge in [0.1, 0.15) is 12.4 Å². The summed E-state index contributed by atoms with van der Waals surface area (Å²) in [7, 11) is 0. The number of nitrogens with one attached hydrogen (secondary N) is 1. The van der Waals surface area contributed by atoms with E-state index >= 15 is 0 Å². The van der Waals surface area contributed by atoms with E-state index in [-0.39, 0.29) is 0 Å². The summed E-state index contributed by atoms with van der Waals surface area (Å²) in [4.78, 5) is 2.39. The smallest absolute Gasteiger partial charge is 0.124 e. The molecule has 0 radical (unpaired) electrons. The van der Waals surface area contributed by atoms with Crippen molar-refractivity contribution in [3.05, 3.63) is 92.9 Å². The minimum Gasteiger partial charge on any atom is -0.489 e. The second-order valence-corrected chi connectivity index (χ2v) is 10.2. The number of aryl methyl sites for hydroxylation is 1. The first-order valence-electron chi connectivity index (χ1n) is 11.3. The van der Waals surface area contributed by atoms with Crippen molar-refractivity contribution in [3.8, 4) is 5.75 Å². The van der Waals surface area contributed by atoms with Crippen molar-refractivity contribution < 1.29 is 9.84 Å². The second-order valence-electron chi connectivity index (χ2n) is 8.89. The van der Waals surface area contributed by atoms with Crippen LogP contribution in [-0.4, -0.2) is 35.2 Å². The molecule has 1 fully saturated rings. The van der Waals surface area contributed by atoms with Crippen LogP contribution in [0.5, 0.6) is 5.75 Å². The molecule has 1 heterocycles.